The highest BCUT2D eigenvalue weighted by atomic mass is 33.5. The van der Waals surface area contributed by atoms with Crippen LogP contribution < -0.4 is 10.5 Å². The molecule has 0 heterocycles. The van der Waals surface area contributed by atoms with E-state index in [-0.39, 0.29) is 0 Å². The van der Waals surface area contributed by atoms with E-state index in [0.717, 1.165) is 15.9 Å². The maximum absolute atomic E-state index is 10.8. The molecule has 16 heavy (non-hydrogen) atoms. The standard InChI is InChI=1S/C8H8N2O3S3/c9-7(11)13-8(12)10-15-16-14-6-4-2-1-3-5-6/h1-5H,(H2,9,11)(H,10,12). The molecule has 3 N–H and O–H groups in total. The van der Waals surface area contributed by atoms with Crippen LogP contribution in [0, 0.1) is 0 Å². The lowest BCUT2D eigenvalue weighted by molar-refractivity contribution is 0.162. The van der Waals surface area contributed by atoms with Crippen LogP contribution in [-0.2, 0) is 4.74 Å². The summed E-state index contributed by atoms with van der Waals surface area (Å²) in [4.78, 5) is 22.0. The van der Waals surface area contributed by atoms with Gasteiger partial charge in [-0.2, -0.15) is 0 Å². The minimum Gasteiger partial charge on any atom is -0.359 e. The third-order valence-electron chi connectivity index (χ3n) is 1.23. The van der Waals surface area contributed by atoms with Crippen LogP contribution in [0.25, 0.3) is 0 Å². The molecular weight excluding hydrogens is 268 g/mol. The Bertz CT molecular complexity index is 361. The fraction of sp³-hybridized carbons (Fsp3) is 0. The first kappa shape index (κ1) is 13.1. The molecule has 0 aromatic heterocycles. The molecule has 86 valence electrons. The van der Waals surface area contributed by atoms with Crippen molar-refractivity contribution >= 4 is 43.8 Å². The second kappa shape index (κ2) is 7.31. The lowest BCUT2D eigenvalue weighted by atomic mass is 10.4. The van der Waals surface area contributed by atoms with Gasteiger partial charge in [0.25, 0.3) is 0 Å². The number of nitrogens with two attached hydrogens (primary N) is 1. The Hall–Kier alpha value is -0.990. The van der Waals surface area contributed by atoms with Gasteiger partial charge in [-0.15, -0.1) is 0 Å². The summed E-state index contributed by atoms with van der Waals surface area (Å²) >= 11 is 0. The maximum Gasteiger partial charge on any atom is 0.426 e. The number of hydrogen-bond donors (Lipinski definition) is 2. The number of rotatable bonds is 4. The quantitative estimate of drug-likeness (QED) is 0.381. The van der Waals surface area contributed by atoms with Gasteiger partial charge in [-0.1, -0.05) is 18.2 Å². The SMILES string of the molecule is NC(=O)OC(=O)NSSSc1ccccc1. The second-order valence-electron chi connectivity index (χ2n) is 2.36. The summed E-state index contributed by atoms with van der Waals surface area (Å²) in [5.74, 6) is 0. The lowest BCUT2D eigenvalue weighted by Crippen LogP contribution is -2.24. The van der Waals surface area contributed by atoms with Crippen molar-refractivity contribution in [3.05, 3.63) is 30.3 Å². The fourth-order valence-corrected chi connectivity index (χ4v) is 3.52. The fourth-order valence-electron chi connectivity index (χ4n) is 0.696. The number of hydrogen-bond acceptors (Lipinski definition) is 6. The summed E-state index contributed by atoms with van der Waals surface area (Å²) in [5, 5.41) is 0. The van der Waals surface area contributed by atoms with Crippen molar-refractivity contribution in [2.45, 2.75) is 4.90 Å². The van der Waals surface area contributed by atoms with E-state index in [1.807, 2.05) is 30.3 Å². The Kier molecular flexibility index (Phi) is 5.98. The average Bonchev–Trinajstić information content (AvgIpc) is 2.25. The van der Waals surface area contributed by atoms with Crippen molar-refractivity contribution in [2.75, 3.05) is 0 Å². The van der Waals surface area contributed by atoms with E-state index in [2.05, 4.69) is 15.2 Å². The van der Waals surface area contributed by atoms with E-state index in [1.165, 1.54) is 20.6 Å². The molecule has 1 aromatic carbocycles. The van der Waals surface area contributed by atoms with Gasteiger partial charge >= 0.3 is 12.2 Å². The van der Waals surface area contributed by atoms with Crippen molar-refractivity contribution in [2.24, 2.45) is 5.73 Å². The van der Waals surface area contributed by atoms with Crippen molar-refractivity contribution in [1.82, 2.24) is 4.72 Å². The van der Waals surface area contributed by atoms with Gasteiger partial charge in [0.15, 0.2) is 0 Å². The molecule has 0 fully saturated rings. The molecule has 0 aliphatic heterocycles. The number of nitrogens with one attached hydrogen (secondary N) is 1. The highest BCUT2D eigenvalue weighted by Crippen LogP contribution is 2.38. The van der Waals surface area contributed by atoms with Crippen LogP contribution in [0.3, 0.4) is 0 Å². The van der Waals surface area contributed by atoms with Crippen molar-refractivity contribution in [1.29, 1.82) is 0 Å². The first-order valence-corrected chi connectivity index (χ1v) is 7.49. The number of benzene rings is 1. The molecule has 0 aliphatic rings. The van der Waals surface area contributed by atoms with Crippen LogP contribution in [-0.4, -0.2) is 12.2 Å². The summed E-state index contributed by atoms with van der Waals surface area (Å²) in [6, 6.07) is 9.65. The maximum atomic E-state index is 10.8. The van der Waals surface area contributed by atoms with Gasteiger partial charge in [-0.25, -0.2) is 9.59 Å². The molecule has 0 atom stereocenters. The van der Waals surface area contributed by atoms with Crippen LogP contribution >= 0.6 is 31.6 Å². The summed E-state index contributed by atoms with van der Waals surface area (Å²) in [5.41, 5.74) is 4.65. The molecule has 0 saturated carbocycles. The van der Waals surface area contributed by atoms with Crippen LogP contribution in [0.1, 0.15) is 0 Å². The van der Waals surface area contributed by atoms with E-state index >= 15 is 0 Å². The molecule has 1 rings (SSSR count). The third-order valence-corrected chi connectivity index (χ3v) is 4.54. The Morgan fingerprint density at radius 1 is 1.25 bits per heavy atom. The Morgan fingerprint density at radius 2 is 1.94 bits per heavy atom. The minimum absolute atomic E-state index is 0.876. The number of amides is 2. The van der Waals surface area contributed by atoms with E-state index in [0.29, 0.717) is 0 Å². The molecule has 0 spiro atoms. The van der Waals surface area contributed by atoms with Crippen molar-refractivity contribution in [3.63, 3.8) is 0 Å². The van der Waals surface area contributed by atoms with E-state index in [9.17, 15) is 9.59 Å². The predicted molar refractivity (Wildman–Crippen MR) is 66.7 cm³/mol. The van der Waals surface area contributed by atoms with Crippen LogP contribution in [0.15, 0.2) is 35.2 Å². The summed E-state index contributed by atoms with van der Waals surface area (Å²) in [6.07, 6.45) is -2.00. The molecule has 0 aliphatic carbocycles. The van der Waals surface area contributed by atoms with E-state index < -0.39 is 12.2 Å². The van der Waals surface area contributed by atoms with Crippen LogP contribution in [0.2, 0.25) is 0 Å². The molecule has 0 radical (unpaired) electrons. The summed E-state index contributed by atoms with van der Waals surface area (Å²) in [6.45, 7) is 0. The van der Waals surface area contributed by atoms with Gasteiger partial charge in [0.2, 0.25) is 0 Å². The second-order valence-corrected chi connectivity index (χ2v) is 6.14. The molecule has 5 nitrogen and oxygen atoms in total. The highest BCUT2D eigenvalue weighted by molar-refractivity contribution is 9.09. The van der Waals surface area contributed by atoms with Crippen LogP contribution in [0.5, 0.6) is 0 Å². The molecule has 1 aromatic rings. The number of primary amides is 1. The monoisotopic (exact) mass is 276 g/mol. The first-order valence-electron chi connectivity index (χ1n) is 4.01. The zero-order chi connectivity index (χ0) is 11.8. The highest BCUT2D eigenvalue weighted by Gasteiger charge is 2.05. The molecular formula is C8H8N2O3S3. The molecule has 0 bridgehead atoms. The van der Waals surface area contributed by atoms with Gasteiger partial charge in [0.1, 0.15) is 0 Å². The Balaban J connectivity index is 2.13. The lowest BCUT2D eigenvalue weighted by Gasteiger charge is -2.01. The first-order chi connectivity index (χ1) is 7.68. The molecule has 0 saturated heterocycles. The number of carbonyl (C=O) groups excluding carboxylic acids is 2. The van der Waals surface area contributed by atoms with E-state index in [4.69, 9.17) is 0 Å². The smallest absolute Gasteiger partial charge is 0.359 e. The molecule has 2 amide bonds. The molecule has 0 unspecified atom stereocenters. The van der Waals surface area contributed by atoms with Crippen molar-refractivity contribution < 1.29 is 14.3 Å². The zero-order valence-electron chi connectivity index (χ0n) is 7.91. The van der Waals surface area contributed by atoms with Gasteiger partial charge in [0, 0.05) is 25.7 Å². The number of ether oxygens (including phenoxy) is 1. The zero-order valence-corrected chi connectivity index (χ0v) is 10.4. The van der Waals surface area contributed by atoms with Gasteiger partial charge in [-0.3, -0.25) is 4.72 Å². The van der Waals surface area contributed by atoms with E-state index in [1.54, 1.807) is 0 Å². The third kappa shape index (κ3) is 5.79. The summed E-state index contributed by atoms with van der Waals surface area (Å²) in [7, 11) is 3.85. The normalized spacial score (nSPS) is 9.50. The molecule has 8 heteroatoms. The average molecular weight is 276 g/mol. The van der Waals surface area contributed by atoms with Gasteiger partial charge in [0.05, 0.1) is 0 Å². The summed E-state index contributed by atoms with van der Waals surface area (Å²) < 4.78 is 6.33. The largest absolute Gasteiger partial charge is 0.426 e. The van der Waals surface area contributed by atoms with Crippen molar-refractivity contribution in [3.8, 4) is 0 Å². The topological polar surface area (TPSA) is 81.4 Å². The predicted octanol–water partition coefficient (Wildman–Crippen LogP) is 2.80. The van der Waals surface area contributed by atoms with Gasteiger partial charge < -0.3 is 10.5 Å². The Morgan fingerprint density at radius 3 is 2.56 bits per heavy atom. The van der Waals surface area contributed by atoms with Crippen LogP contribution in [0.4, 0.5) is 9.59 Å². The Labute approximate surface area is 104 Å². The van der Waals surface area contributed by atoms with Gasteiger partial charge in [-0.05, 0) is 22.9 Å². The minimum atomic E-state index is -1.13. The number of carbonyl (C=O) groups is 2.